The number of piperidine rings is 1. The highest BCUT2D eigenvalue weighted by Crippen LogP contribution is 2.50. The number of aryl methyl sites for hydroxylation is 1. The van der Waals surface area contributed by atoms with Gasteiger partial charge < -0.3 is 14.7 Å². The second kappa shape index (κ2) is 5.05. The summed E-state index contributed by atoms with van der Waals surface area (Å²) in [5.41, 5.74) is 0.547. The van der Waals surface area contributed by atoms with Gasteiger partial charge in [0.25, 0.3) is 5.91 Å². The van der Waals surface area contributed by atoms with Gasteiger partial charge in [0, 0.05) is 32.0 Å². The number of aliphatic hydroxyl groups excluding tert-OH is 1. The number of rotatable bonds is 2. The Morgan fingerprint density at radius 3 is 2.70 bits per heavy atom. The third-order valence-electron chi connectivity index (χ3n) is 4.85. The van der Waals surface area contributed by atoms with Crippen LogP contribution in [0.4, 0.5) is 0 Å². The predicted octanol–water partition coefficient (Wildman–Crippen LogP) is 0.849. The summed E-state index contributed by atoms with van der Waals surface area (Å²) in [5.74, 6) is 0.00938. The fraction of sp³-hybridized carbons (Fsp3) is 0.769. The SMILES string of the molecule is CO[C@@H]1C[C@H](O)C12CCN(C(=O)c1snnc1C)CC2. The van der Waals surface area contributed by atoms with Crippen LogP contribution >= 0.6 is 11.5 Å². The number of amides is 1. The lowest BCUT2D eigenvalue weighted by molar-refractivity contribution is -0.199. The minimum atomic E-state index is -0.295. The molecule has 7 heteroatoms. The molecule has 1 aliphatic heterocycles. The first-order valence-electron chi connectivity index (χ1n) is 6.87. The van der Waals surface area contributed by atoms with E-state index in [1.54, 1.807) is 14.0 Å². The van der Waals surface area contributed by atoms with Gasteiger partial charge in [-0.1, -0.05) is 4.49 Å². The van der Waals surface area contributed by atoms with Gasteiger partial charge in [-0.25, -0.2) is 0 Å². The summed E-state index contributed by atoms with van der Waals surface area (Å²) in [6, 6.07) is 0. The van der Waals surface area contributed by atoms with Crippen LogP contribution in [-0.2, 0) is 4.74 Å². The van der Waals surface area contributed by atoms with Crippen LogP contribution in [0.2, 0.25) is 0 Å². The molecule has 0 radical (unpaired) electrons. The van der Waals surface area contributed by atoms with Crippen molar-refractivity contribution in [3.63, 3.8) is 0 Å². The van der Waals surface area contributed by atoms with Gasteiger partial charge in [-0.3, -0.25) is 4.79 Å². The van der Waals surface area contributed by atoms with Crippen molar-refractivity contribution in [1.29, 1.82) is 0 Å². The van der Waals surface area contributed by atoms with Gasteiger partial charge in [0.2, 0.25) is 0 Å². The van der Waals surface area contributed by atoms with Crippen LogP contribution < -0.4 is 0 Å². The number of likely N-dealkylation sites (tertiary alicyclic amines) is 1. The first-order valence-corrected chi connectivity index (χ1v) is 7.65. The fourth-order valence-electron chi connectivity index (χ4n) is 3.41. The summed E-state index contributed by atoms with van der Waals surface area (Å²) in [6.45, 7) is 3.12. The van der Waals surface area contributed by atoms with Crippen molar-refractivity contribution in [3.05, 3.63) is 10.6 Å². The van der Waals surface area contributed by atoms with Crippen LogP contribution in [0.5, 0.6) is 0 Å². The summed E-state index contributed by atoms with van der Waals surface area (Å²) >= 11 is 1.15. The van der Waals surface area contributed by atoms with E-state index in [1.807, 2.05) is 4.90 Å². The van der Waals surface area contributed by atoms with Crippen LogP contribution in [0.15, 0.2) is 0 Å². The molecule has 1 N–H and O–H groups in total. The Balaban J connectivity index is 1.67. The Morgan fingerprint density at radius 1 is 1.50 bits per heavy atom. The molecule has 6 nitrogen and oxygen atoms in total. The first kappa shape index (κ1) is 13.9. The van der Waals surface area contributed by atoms with Crippen molar-refractivity contribution >= 4 is 17.4 Å². The molecule has 1 aliphatic carbocycles. The van der Waals surface area contributed by atoms with Crippen molar-refractivity contribution in [1.82, 2.24) is 14.5 Å². The van der Waals surface area contributed by atoms with Gasteiger partial charge in [-0.05, 0) is 31.3 Å². The monoisotopic (exact) mass is 297 g/mol. The Labute approximate surface area is 121 Å². The lowest BCUT2D eigenvalue weighted by atomic mass is 9.58. The topological polar surface area (TPSA) is 75.6 Å². The third kappa shape index (κ3) is 1.96. The number of ether oxygens (including phenoxy) is 1. The van der Waals surface area contributed by atoms with Crippen LogP contribution in [0, 0.1) is 12.3 Å². The molecule has 0 bridgehead atoms. The zero-order valence-corrected chi connectivity index (χ0v) is 12.5. The Morgan fingerprint density at radius 2 is 2.20 bits per heavy atom. The van der Waals surface area contributed by atoms with Gasteiger partial charge in [0.15, 0.2) is 0 Å². The number of hydrogen-bond donors (Lipinski definition) is 1. The lowest BCUT2D eigenvalue weighted by Gasteiger charge is -2.56. The van der Waals surface area contributed by atoms with Crippen molar-refractivity contribution in [2.24, 2.45) is 5.41 Å². The van der Waals surface area contributed by atoms with Crippen LogP contribution in [0.25, 0.3) is 0 Å². The first-order chi connectivity index (χ1) is 9.58. The maximum Gasteiger partial charge on any atom is 0.267 e. The molecule has 2 aliphatic rings. The Bertz CT molecular complexity index is 511. The molecule has 110 valence electrons. The van der Waals surface area contributed by atoms with Gasteiger partial charge in [-0.15, -0.1) is 5.10 Å². The molecule has 1 spiro atoms. The van der Waals surface area contributed by atoms with Gasteiger partial charge in [0.1, 0.15) is 4.88 Å². The van der Waals surface area contributed by atoms with E-state index in [-0.39, 0.29) is 23.5 Å². The molecule has 2 fully saturated rings. The van der Waals surface area contributed by atoms with Crippen molar-refractivity contribution in [3.8, 4) is 0 Å². The maximum absolute atomic E-state index is 12.4. The zero-order chi connectivity index (χ0) is 14.3. The summed E-state index contributed by atoms with van der Waals surface area (Å²) < 4.78 is 9.27. The highest BCUT2D eigenvalue weighted by atomic mass is 32.1. The number of hydrogen-bond acceptors (Lipinski definition) is 6. The second-order valence-electron chi connectivity index (χ2n) is 5.69. The van der Waals surface area contributed by atoms with E-state index in [4.69, 9.17) is 4.74 Å². The molecule has 3 rings (SSSR count). The summed E-state index contributed by atoms with van der Waals surface area (Å²) in [6.07, 6.45) is 2.13. The third-order valence-corrected chi connectivity index (χ3v) is 5.67. The van der Waals surface area contributed by atoms with Gasteiger partial charge >= 0.3 is 0 Å². The molecule has 1 aromatic heterocycles. The molecule has 1 aromatic rings. The van der Waals surface area contributed by atoms with Crippen molar-refractivity contribution < 1.29 is 14.6 Å². The van der Waals surface area contributed by atoms with E-state index >= 15 is 0 Å². The number of nitrogens with zero attached hydrogens (tertiary/aromatic N) is 3. The smallest absolute Gasteiger partial charge is 0.267 e. The molecule has 20 heavy (non-hydrogen) atoms. The molecule has 1 amide bonds. The number of carbonyl (C=O) groups excluding carboxylic acids is 1. The minimum absolute atomic E-state index is 0.00938. The number of methoxy groups -OCH3 is 1. The van der Waals surface area contributed by atoms with E-state index in [2.05, 4.69) is 9.59 Å². The van der Waals surface area contributed by atoms with E-state index in [0.717, 1.165) is 24.4 Å². The predicted molar refractivity (Wildman–Crippen MR) is 73.6 cm³/mol. The number of aromatic nitrogens is 2. The average molecular weight is 297 g/mol. The van der Waals surface area contributed by atoms with E-state index in [0.29, 0.717) is 30.1 Å². The van der Waals surface area contributed by atoms with Crippen LogP contribution in [-0.4, -0.2) is 57.9 Å². The van der Waals surface area contributed by atoms with Crippen molar-refractivity contribution in [2.75, 3.05) is 20.2 Å². The minimum Gasteiger partial charge on any atom is -0.392 e. The lowest BCUT2D eigenvalue weighted by Crippen LogP contribution is -2.62. The van der Waals surface area contributed by atoms with E-state index in [9.17, 15) is 9.90 Å². The summed E-state index contributed by atoms with van der Waals surface area (Å²) in [4.78, 5) is 14.9. The van der Waals surface area contributed by atoms with Crippen molar-refractivity contribution in [2.45, 2.75) is 38.4 Å². The highest BCUT2D eigenvalue weighted by molar-refractivity contribution is 7.07. The number of carbonyl (C=O) groups is 1. The molecule has 2 heterocycles. The number of aliphatic hydroxyl groups is 1. The fourth-order valence-corrected chi connectivity index (χ4v) is 4.03. The van der Waals surface area contributed by atoms with Crippen LogP contribution in [0.3, 0.4) is 0 Å². The van der Waals surface area contributed by atoms with Gasteiger partial charge in [-0.2, -0.15) is 0 Å². The summed E-state index contributed by atoms with van der Waals surface area (Å²) in [5, 5.41) is 14.0. The standard InChI is InChI=1S/C13H19N3O3S/c1-8-11(20-15-14-8)12(18)16-5-3-13(4-6-16)9(17)7-10(13)19-2/h9-10,17H,3-7H2,1-2H3/t9-,10+/m0/s1. The van der Waals surface area contributed by atoms with E-state index in [1.165, 1.54) is 0 Å². The zero-order valence-electron chi connectivity index (χ0n) is 11.7. The molecular weight excluding hydrogens is 278 g/mol. The molecule has 0 aromatic carbocycles. The largest absolute Gasteiger partial charge is 0.392 e. The normalized spacial score (nSPS) is 28.4. The summed E-state index contributed by atoms with van der Waals surface area (Å²) in [7, 11) is 1.70. The quantitative estimate of drug-likeness (QED) is 0.876. The van der Waals surface area contributed by atoms with Gasteiger partial charge in [0.05, 0.1) is 17.9 Å². The maximum atomic E-state index is 12.4. The Hall–Kier alpha value is -1.05. The molecule has 1 saturated carbocycles. The highest BCUT2D eigenvalue weighted by Gasteiger charge is 2.56. The average Bonchev–Trinajstić information content (AvgIpc) is 2.90. The molecule has 2 atom stereocenters. The Kier molecular flexibility index (Phi) is 3.51. The van der Waals surface area contributed by atoms with Crippen LogP contribution in [0.1, 0.15) is 34.6 Å². The molecular formula is C13H19N3O3S. The molecule has 0 unspecified atom stereocenters. The molecule has 1 saturated heterocycles. The van der Waals surface area contributed by atoms with E-state index < -0.39 is 0 Å². The second-order valence-corrected chi connectivity index (χ2v) is 6.44.